The maximum atomic E-state index is 6.16. The van der Waals surface area contributed by atoms with Gasteiger partial charge < -0.3 is 5.32 Å². The first kappa shape index (κ1) is 15.0. The molecule has 2 rings (SSSR count). The van der Waals surface area contributed by atoms with Crippen LogP contribution in [0.5, 0.6) is 0 Å². The van der Waals surface area contributed by atoms with Gasteiger partial charge in [0.1, 0.15) is 0 Å². The fourth-order valence-electron chi connectivity index (χ4n) is 2.58. The minimum Gasteiger partial charge on any atom is -0.309 e. The molecule has 4 heteroatoms. The van der Waals surface area contributed by atoms with E-state index in [1.807, 2.05) is 13.1 Å². The summed E-state index contributed by atoms with van der Waals surface area (Å²) < 4.78 is 0.992. The van der Waals surface area contributed by atoms with Gasteiger partial charge in [-0.15, -0.1) is 11.3 Å². The van der Waals surface area contributed by atoms with Gasteiger partial charge in [0.25, 0.3) is 0 Å². The highest BCUT2D eigenvalue weighted by Crippen LogP contribution is 2.38. The zero-order chi connectivity index (χ0) is 14.2. The number of hydrogen-bond donors (Lipinski definition) is 1. The molecule has 0 spiro atoms. The monoisotopic (exact) mass is 357 g/mol. The fourth-order valence-corrected chi connectivity index (χ4v) is 4.45. The molecule has 0 radical (unpaired) electrons. The second-order valence-corrected chi connectivity index (χ2v) is 7.61. The highest BCUT2D eigenvalue weighted by molar-refractivity contribution is 9.11. The lowest BCUT2D eigenvalue weighted by Gasteiger charge is -2.20. The van der Waals surface area contributed by atoms with Gasteiger partial charge >= 0.3 is 0 Å². The van der Waals surface area contributed by atoms with Gasteiger partial charge in [0.05, 0.1) is 14.9 Å². The van der Waals surface area contributed by atoms with Crippen molar-refractivity contribution in [1.82, 2.24) is 5.32 Å². The van der Waals surface area contributed by atoms with Crippen LogP contribution >= 0.6 is 38.9 Å². The summed E-state index contributed by atoms with van der Waals surface area (Å²) in [5, 5.41) is 4.19. The van der Waals surface area contributed by atoms with Gasteiger partial charge in [-0.2, -0.15) is 0 Å². The Morgan fingerprint density at radius 3 is 2.16 bits per heavy atom. The average Bonchev–Trinajstić information content (AvgIpc) is 2.63. The molecule has 0 aliphatic rings. The third kappa shape index (κ3) is 3.05. The lowest BCUT2D eigenvalue weighted by Crippen LogP contribution is -2.19. The minimum atomic E-state index is 0.189. The molecule has 1 nitrogen and oxygen atoms in total. The Bertz CT molecular complexity index is 564. The Hall–Kier alpha value is -0.350. The summed E-state index contributed by atoms with van der Waals surface area (Å²) in [7, 11) is 1.99. The highest BCUT2D eigenvalue weighted by atomic mass is 79.9. The molecule has 0 aliphatic carbocycles. The van der Waals surface area contributed by atoms with E-state index in [1.54, 1.807) is 11.3 Å². The molecule has 1 atom stereocenters. The Morgan fingerprint density at radius 1 is 1.16 bits per heavy atom. The number of benzene rings is 1. The third-order valence-corrected chi connectivity index (χ3v) is 5.80. The van der Waals surface area contributed by atoms with Crippen molar-refractivity contribution in [1.29, 1.82) is 0 Å². The summed E-state index contributed by atoms with van der Waals surface area (Å²) in [5.41, 5.74) is 5.28. The van der Waals surface area contributed by atoms with Gasteiger partial charge in [-0.1, -0.05) is 29.3 Å². The van der Waals surface area contributed by atoms with Crippen molar-refractivity contribution in [3.05, 3.63) is 54.1 Å². The van der Waals surface area contributed by atoms with E-state index in [0.29, 0.717) is 0 Å². The van der Waals surface area contributed by atoms with Crippen LogP contribution in [0.1, 0.15) is 33.2 Å². The van der Waals surface area contributed by atoms with Crippen molar-refractivity contribution in [3.8, 4) is 0 Å². The Kier molecular flexibility index (Phi) is 4.72. The summed E-state index contributed by atoms with van der Waals surface area (Å²) in [5.74, 6) is 0. The number of thiophene rings is 1. The molecule has 102 valence electrons. The van der Waals surface area contributed by atoms with Crippen molar-refractivity contribution in [3.63, 3.8) is 0 Å². The van der Waals surface area contributed by atoms with E-state index in [4.69, 9.17) is 11.6 Å². The summed E-state index contributed by atoms with van der Waals surface area (Å²) in [4.78, 5) is 1.23. The van der Waals surface area contributed by atoms with Crippen LogP contribution in [0.3, 0.4) is 0 Å². The first-order valence-corrected chi connectivity index (χ1v) is 8.12. The largest absolute Gasteiger partial charge is 0.309 e. The maximum Gasteiger partial charge on any atom is 0.0888 e. The van der Waals surface area contributed by atoms with Crippen molar-refractivity contribution < 1.29 is 0 Å². The van der Waals surface area contributed by atoms with E-state index in [2.05, 4.69) is 54.2 Å². The molecule has 0 amide bonds. The van der Waals surface area contributed by atoms with Crippen molar-refractivity contribution in [2.24, 2.45) is 0 Å². The van der Waals surface area contributed by atoms with Crippen LogP contribution in [0, 0.1) is 20.8 Å². The molecular formula is C15H17BrClNS. The summed E-state index contributed by atoms with van der Waals surface area (Å²) in [6.07, 6.45) is 0. The lowest BCUT2D eigenvalue weighted by molar-refractivity contribution is 0.694. The van der Waals surface area contributed by atoms with Crippen LogP contribution in [0.2, 0.25) is 5.02 Å². The van der Waals surface area contributed by atoms with E-state index in [-0.39, 0.29) is 6.04 Å². The van der Waals surface area contributed by atoms with Crippen LogP contribution < -0.4 is 5.32 Å². The maximum absolute atomic E-state index is 6.16. The van der Waals surface area contributed by atoms with Crippen LogP contribution in [-0.4, -0.2) is 7.05 Å². The Morgan fingerprint density at radius 2 is 1.74 bits per heavy atom. The van der Waals surface area contributed by atoms with Gasteiger partial charge in [0.15, 0.2) is 0 Å². The Labute approximate surface area is 132 Å². The Balaban J connectivity index is 2.54. The zero-order valence-electron chi connectivity index (χ0n) is 11.5. The second-order valence-electron chi connectivity index (χ2n) is 4.80. The van der Waals surface area contributed by atoms with Crippen LogP contribution in [-0.2, 0) is 0 Å². The van der Waals surface area contributed by atoms with Crippen LogP contribution in [0.15, 0.2) is 22.0 Å². The average molecular weight is 359 g/mol. The molecule has 2 aromatic rings. The molecule has 1 heterocycles. The van der Waals surface area contributed by atoms with E-state index in [1.165, 1.54) is 27.1 Å². The molecule has 19 heavy (non-hydrogen) atoms. The quantitative estimate of drug-likeness (QED) is 0.774. The number of nitrogens with one attached hydrogen (secondary N) is 1. The van der Waals surface area contributed by atoms with Crippen molar-refractivity contribution in [2.75, 3.05) is 7.05 Å². The van der Waals surface area contributed by atoms with Gasteiger partial charge in [0, 0.05) is 4.88 Å². The van der Waals surface area contributed by atoms with Gasteiger partial charge in [-0.25, -0.2) is 0 Å². The first-order chi connectivity index (χ1) is 8.93. The summed E-state index contributed by atoms with van der Waals surface area (Å²) >= 11 is 11.3. The number of aryl methyl sites for hydroxylation is 3. The number of rotatable bonds is 3. The van der Waals surface area contributed by atoms with E-state index in [9.17, 15) is 0 Å². The standard InChI is InChI=1S/C15H17BrClNS/c1-8-5-9(2)13(10(3)6-8)14(18-4)12-7-11(17)15(16)19-12/h5-7,14,18H,1-4H3. The minimum absolute atomic E-state index is 0.189. The third-order valence-electron chi connectivity index (χ3n) is 3.26. The van der Waals surface area contributed by atoms with Crippen LogP contribution in [0.4, 0.5) is 0 Å². The van der Waals surface area contributed by atoms with E-state index >= 15 is 0 Å². The normalized spacial score (nSPS) is 12.7. The molecule has 1 aromatic heterocycles. The first-order valence-electron chi connectivity index (χ1n) is 6.13. The van der Waals surface area contributed by atoms with Crippen molar-refractivity contribution in [2.45, 2.75) is 26.8 Å². The SMILES string of the molecule is CNC(c1cc(Cl)c(Br)s1)c1c(C)cc(C)cc1C. The molecule has 1 N–H and O–H groups in total. The van der Waals surface area contributed by atoms with E-state index < -0.39 is 0 Å². The predicted molar refractivity (Wildman–Crippen MR) is 88.6 cm³/mol. The molecule has 0 fully saturated rings. The molecule has 0 aliphatic heterocycles. The van der Waals surface area contributed by atoms with Gasteiger partial charge in [0.2, 0.25) is 0 Å². The topological polar surface area (TPSA) is 12.0 Å². The molecule has 0 bridgehead atoms. The zero-order valence-corrected chi connectivity index (χ0v) is 14.6. The summed E-state index contributed by atoms with van der Waals surface area (Å²) in [6.45, 7) is 6.48. The molecule has 0 saturated carbocycles. The number of hydrogen-bond acceptors (Lipinski definition) is 2. The van der Waals surface area contributed by atoms with Crippen LogP contribution in [0.25, 0.3) is 0 Å². The smallest absolute Gasteiger partial charge is 0.0888 e. The molecule has 0 saturated heterocycles. The number of halogens is 2. The molecule has 1 aromatic carbocycles. The molecular weight excluding hydrogens is 342 g/mol. The molecule has 1 unspecified atom stereocenters. The fraction of sp³-hybridized carbons (Fsp3) is 0.333. The van der Waals surface area contributed by atoms with Gasteiger partial charge in [-0.05, 0) is 66.5 Å². The van der Waals surface area contributed by atoms with Gasteiger partial charge in [-0.3, -0.25) is 0 Å². The summed E-state index contributed by atoms with van der Waals surface area (Å²) in [6, 6.07) is 6.69. The predicted octanol–water partition coefficient (Wildman–Crippen LogP) is 5.40. The highest BCUT2D eigenvalue weighted by Gasteiger charge is 2.20. The second kappa shape index (κ2) is 5.96. The van der Waals surface area contributed by atoms with E-state index in [0.717, 1.165) is 8.81 Å². The van der Waals surface area contributed by atoms with Crippen molar-refractivity contribution >= 4 is 38.9 Å². The lowest BCUT2D eigenvalue weighted by atomic mass is 9.93.